The summed E-state index contributed by atoms with van der Waals surface area (Å²) < 4.78 is 5.22. The van der Waals surface area contributed by atoms with Crippen molar-refractivity contribution in [2.75, 3.05) is 0 Å². The van der Waals surface area contributed by atoms with Crippen LogP contribution in [0.15, 0.2) is 58.3 Å². The zero-order chi connectivity index (χ0) is 20.8. The Bertz CT molecular complexity index is 897. The van der Waals surface area contributed by atoms with E-state index in [-0.39, 0.29) is 23.2 Å². The van der Waals surface area contributed by atoms with E-state index in [0.29, 0.717) is 4.90 Å². The van der Waals surface area contributed by atoms with Gasteiger partial charge in [-0.2, -0.15) is 0 Å². The SMILES string of the molecule is C[C@H](OC(=O)c1ccc(Sc2ccccc2)c([N+](=O)[O-])c1)C(=O)NC1CCCC1. The van der Waals surface area contributed by atoms with Gasteiger partial charge in [0.2, 0.25) is 0 Å². The maximum Gasteiger partial charge on any atom is 0.339 e. The summed E-state index contributed by atoms with van der Waals surface area (Å²) >= 11 is 1.24. The molecule has 1 N–H and O–H groups in total. The van der Waals surface area contributed by atoms with Crippen LogP contribution < -0.4 is 5.32 Å². The third-order valence-corrected chi connectivity index (χ3v) is 5.79. The highest BCUT2D eigenvalue weighted by atomic mass is 32.2. The van der Waals surface area contributed by atoms with Crippen LogP contribution in [0.3, 0.4) is 0 Å². The molecule has 2 aromatic rings. The minimum atomic E-state index is -0.972. The van der Waals surface area contributed by atoms with E-state index in [0.717, 1.165) is 30.6 Å². The number of nitrogens with one attached hydrogen (secondary N) is 1. The van der Waals surface area contributed by atoms with Crippen molar-refractivity contribution >= 4 is 29.3 Å². The second-order valence-corrected chi connectivity index (χ2v) is 8.01. The van der Waals surface area contributed by atoms with Gasteiger partial charge < -0.3 is 10.1 Å². The van der Waals surface area contributed by atoms with Crippen molar-refractivity contribution in [1.82, 2.24) is 5.32 Å². The zero-order valence-electron chi connectivity index (χ0n) is 16.0. The molecule has 0 saturated heterocycles. The van der Waals surface area contributed by atoms with E-state index in [1.807, 2.05) is 30.3 Å². The number of ether oxygens (including phenoxy) is 1. The molecule has 1 fully saturated rings. The number of esters is 1. The molecule has 0 radical (unpaired) electrons. The fraction of sp³-hybridized carbons (Fsp3) is 0.333. The average molecular weight is 414 g/mol. The minimum absolute atomic E-state index is 0.0367. The topological polar surface area (TPSA) is 98.5 Å². The third kappa shape index (κ3) is 5.57. The molecular formula is C21H22N2O5S. The molecule has 1 aliphatic rings. The van der Waals surface area contributed by atoms with Crippen LogP contribution in [0.25, 0.3) is 0 Å². The Balaban J connectivity index is 1.69. The first-order chi connectivity index (χ1) is 13.9. The fourth-order valence-electron chi connectivity index (χ4n) is 3.16. The summed E-state index contributed by atoms with van der Waals surface area (Å²) in [5, 5.41) is 14.4. The van der Waals surface area contributed by atoms with Gasteiger partial charge in [-0.3, -0.25) is 14.9 Å². The Morgan fingerprint density at radius 1 is 1.17 bits per heavy atom. The van der Waals surface area contributed by atoms with Crippen molar-refractivity contribution in [2.24, 2.45) is 0 Å². The number of benzene rings is 2. The van der Waals surface area contributed by atoms with E-state index in [2.05, 4.69) is 5.32 Å². The fourth-order valence-corrected chi connectivity index (χ4v) is 4.08. The monoisotopic (exact) mass is 414 g/mol. The number of nitrogens with zero attached hydrogens (tertiary/aromatic N) is 1. The Morgan fingerprint density at radius 2 is 1.86 bits per heavy atom. The second kappa shape index (κ2) is 9.56. The van der Waals surface area contributed by atoms with Crippen LogP contribution in [-0.2, 0) is 9.53 Å². The van der Waals surface area contributed by atoms with Crippen LogP contribution in [-0.4, -0.2) is 28.9 Å². The molecule has 8 heteroatoms. The average Bonchev–Trinajstić information content (AvgIpc) is 3.21. The molecule has 0 aromatic heterocycles. The van der Waals surface area contributed by atoms with Gasteiger partial charge in [0.1, 0.15) is 0 Å². The summed E-state index contributed by atoms with van der Waals surface area (Å²) in [6, 6.07) is 13.6. The predicted molar refractivity (Wildman–Crippen MR) is 109 cm³/mol. The summed E-state index contributed by atoms with van der Waals surface area (Å²) in [5.74, 6) is -1.12. The van der Waals surface area contributed by atoms with Crippen LogP contribution in [0.5, 0.6) is 0 Å². The summed E-state index contributed by atoms with van der Waals surface area (Å²) in [6.45, 7) is 1.50. The van der Waals surface area contributed by atoms with Crippen molar-refractivity contribution in [1.29, 1.82) is 0 Å². The molecule has 0 spiro atoms. The number of nitro benzene ring substituents is 1. The standard InChI is InChI=1S/C21H22N2O5S/c1-14(20(24)22-16-7-5-6-8-16)28-21(25)15-11-12-19(18(13-15)23(26)27)29-17-9-3-2-4-10-17/h2-4,9-14,16H,5-8H2,1H3,(H,22,24)/t14-/m0/s1. The summed E-state index contributed by atoms with van der Waals surface area (Å²) in [6.07, 6.45) is 3.05. The van der Waals surface area contributed by atoms with E-state index in [9.17, 15) is 19.7 Å². The van der Waals surface area contributed by atoms with Crippen molar-refractivity contribution in [3.05, 3.63) is 64.2 Å². The smallest absolute Gasteiger partial charge is 0.339 e. The summed E-state index contributed by atoms with van der Waals surface area (Å²) in [4.78, 5) is 36.8. The molecule has 1 amide bonds. The van der Waals surface area contributed by atoms with Gasteiger partial charge in [-0.1, -0.05) is 42.8 Å². The van der Waals surface area contributed by atoms with Crippen LogP contribution >= 0.6 is 11.8 Å². The van der Waals surface area contributed by atoms with Crippen LogP contribution in [0.4, 0.5) is 5.69 Å². The van der Waals surface area contributed by atoms with Gasteiger partial charge in [0, 0.05) is 17.0 Å². The maximum atomic E-state index is 12.4. The van der Waals surface area contributed by atoms with Crippen molar-refractivity contribution in [3.63, 3.8) is 0 Å². The molecule has 152 valence electrons. The number of hydrogen-bond donors (Lipinski definition) is 1. The lowest BCUT2D eigenvalue weighted by Gasteiger charge is -2.17. The first-order valence-corrected chi connectivity index (χ1v) is 10.3. The Hall–Kier alpha value is -2.87. The highest BCUT2D eigenvalue weighted by Gasteiger charge is 2.25. The van der Waals surface area contributed by atoms with Gasteiger partial charge in [0.05, 0.1) is 15.4 Å². The molecule has 3 rings (SSSR count). The van der Waals surface area contributed by atoms with Crippen LogP contribution in [0.2, 0.25) is 0 Å². The molecule has 2 aromatic carbocycles. The molecule has 1 saturated carbocycles. The minimum Gasteiger partial charge on any atom is -0.449 e. The number of carbonyl (C=O) groups is 2. The van der Waals surface area contributed by atoms with Crippen molar-refractivity contribution in [2.45, 2.75) is 54.5 Å². The van der Waals surface area contributed by atoms with E-state index < -0.39 is 17.0 Å². The zero-order valence-corrected chi connectivity index (χ0v) is 16.8. The van der Waals surface area contributed by atoms with Gasteiger partial charge in [-0.15, -0.1) is 0 Å². The van der Waals surface area contributed by atoms with Crippen LogP contribution in [0, 0.1) is 10.1 Å². The number of carbonyl (C=O) groups excluding carboxylic acids is 2. The van der Waals surface area contributed by atoms with E-state index in [1.165, 1.54) is 36.9 Å². The highest BCUT2D eigenvalue weighted by molar-refractivity contribution is 7.99. The first-order valence-electron chi connectivity index (χ1n) is 9.46. The lowest BCUT2D eigenvalue weighted by molar-refractivity contribution is -0.387. The first kappa shape index (κ1) is 20.9. The number of hydrogen-bond acceptors (Lipinski definition) is 6. The van der Waals surface area contributed by atoms with Gasteiger partial charge in [0.25, 0.3) is 11.6 Å². The van der Waals surface area contributed by atoms with Crippen LogP contribution in [0.1, 0.15) is 43.0 Å². The quantitative estimate of drug-likeness (QED) is 0.411. The number of rotatable bonds is 7. The Kier molecular flexibility index (Phi) is 6.87. The molecule has 1 atom stereocenters. The molecule has 0 aliphatic heterocycles. The molecule has 0 bridgehead atoms. The van der Waals surface area contributed by atoms with Gasteiger partial charge >= 0.3 is 5.97 Å². The van der Waals surface area contributed by atoms with E-state index >= 15 is 0 Å². The van der Waals surface area contributed by atoms with Gasteiger partial charge in [-0.05, 0) is 44.0 Å². The van der Waals surface area contributed by atoms with Gasteiger partial charge in [-0.25, -0.2) is 4.79 Å². The largest absolute Gasteiger partial charge is 0.449 e. The molecule has 29 heavy (non-hydrogen) atoms. The van der Waals surface area contributed by atoms with E-state index in [1.54, 1.807) is 0 Å². The van der Waals surface area contributed by atoms with E-state index in [4.69, 9.17) is 4.74 Å². The number of amides is 1. The molecular weight excluding hydrogens is 392 g/mol. The Morgan fingerprint density at radius 3 is 2.52 bits per heavy atom. The second-order valence-electron chi connectivity index (χ2n) is 6.89. The third-order valence-electron chi connectivity index (χ3n) is 4.72. The normalized spacial score (nSPS) is 14.9. The summed E-state index contributed by atoms with van der Waals surface area (Å²) in [7, 11) is 0. The Labute approximate surface area is 173 Å². The molecule has 1 aliphatic carbocycles. The maximum absolute atomic E-state index is 12.4. The molecule has 0 heterocycles. The van der Waals surface area contributed by atoms with Crippen molar-refractivity contribution < 1.29 is 19.2 Å². The summed E-state index contributed by atoms with van der Waals surface area (Å²) in [5.41, 5.74) is -0.147. The number of nitro groups is 1. The molecule has 0 unspecified atom stereocenters. The van der Waals surface area contributed by atoms with Crippen molar-refractivity contribution in [3.8, 4) is 0 Å². The predicted octanol–water partition coefficient (Wildman–Crippen LogP) is 4.35. The lowest BCUT2D eigenvalue weighted by Crippen LogP contribution is -2.40. The lowest BCUT2D eigenvalue weighted by atomic mass is 10.2. The molecule has 7 nitrogen and oxygen atoms in total. The highest BCUT2D eigenvalue weighted by Crippen LogP contribution is 2.35. The van der Waals surface area contributed by atoms with Gasteiger partial charge in [0.15, 0.2) is 6.10 Å².